The van der Waals surface area contributed by atoms with Gasteiger partial charge in [0.1, 0.15) is 5.72 Å². The first-order chi connectivity index (χ1) is 6.18. The van der Waals surface area contributed by atoms with Gasteiger partial charge in [0.25, 0.3) is 0 Å². The lowest BCUT2D eigenvalue weighted by Gasteiger charge is -2.27. The number of nitrogens with one attached hydrogen (secondary N) is 2. The molecule has 2 rings (SSSR count). The van der Waals surface area contributed by atoms with Gasteiger partial charge in [0.2, 0.25) is 0 Å². The van der Waals surface area contributed by atoms with Crippen molar-refractivity contribution in [1.82, 2.24) is 10.6 Å². The molecule has 0 aliphatic carbocycles. The van der Waals surface area contributed by atoms with Gasteiger partial charge < -0.3 is 10.1 Å². The molecule has 0 bridgehead atoms. The van der Waals surface area contributed by atoms with Gasteiger partial charge in [-0.15, -0.1) is 0 Å². The molecule has 3 atom stereocenters. The predicted molar refractivity (Wildman–Crippen MR) is 52.6 cm³/mol. The van der Waals surface area contributed by atoms with Crippen molar-refractivity contribution >= 4 is 0 Å². The second-order valence-corrected chi connectivity index (χ2v) is 4.58. The summed E-state index contributed by atoms with van der Waals surface area (Å²) in [5.74, 6) is 0. The molecule has 2 aliphatic rings. The van der Waals surface area contributed by atoms with Crippen LogP contribution in [-0.4, -0.2) is 31.0 Å². The topological polar surface area (TPSA) is 33.3 Å². The third kappa shape index (κ3) is 2.22. The lowest BCUT2D eigenvalue weighted by Crippen LogP contribution is -2.45. The average Bonchev–Trinajstić information content (AvgIpc) is 2.62. The molecule has 3 nitrogen and oxygen atoms in total. The van der Waals surface area contributed by atoms with Crippen molar-refractivity contribution in [2.75, 3.05) is 13.2 Å². The Hall–Kier alpha value is -0.120. The molecule has 2 fully saturated rings. The van der Waals surface area contributed by atoms with Gasteiger partial charge in [-0.3, -0.25) is 5.32 Å². The summed E-state index contributed by atoms with van der Waals surface area (Å²) < 4.78 is 5.76. The zero-order valence-corrected chi connectivity index (χ0v) is 8.60. The minimum Gasteiger partial charge on any atom is -0.359 e. The smallest absolute Gasteiger partial charge is 0.118 e. The molecule has 0 radical (unpaired) electrons. The largest absolute Gasteiger partial charge is 0.359 e. The van der Waals surface area contributed by atoms with Crippen LogP contribution in [0.2, 0.25) is 0 Å². The molecule has 2 heterocycles. The standard InChI is InChI=1S/C10H20N2O/c1-8-7-13-10(2,12-8)6-9-4-3-5-11-9/h8-9,11-12H,3-7H2,1-2H3. The highest BCUT2D eigenvalue weighted by molar-refractivity contribution is 4.89. The number of ether oxygens (including phenoxy) is 1. The number of hydrogen-bond acceptors (Lipinski definition) is 3. The maximum Gasteiger partial charge on any atom is 0.118 e. The van der Waals surface area contributed by atoms with Crippen LogP contribution in [0.1, 0.15) is 33.1 Å². The van der Waals surface area contributed by atoms with Crippen LogP contribution in [0.15, 0.2) is 0 Å². The maximum absolute atomic E-state index is 5.76. The molecule has 76 valence electrons. The molecule has 3 heteroatoms. The van der Waals surface area contributed by atoms with E-state index in [-0.39, 0.29) is 5.72 Å². The van der Waals surface area contributed by atoms with Crippen molar-refractivity contribution in [3.05, 3.63) is 0 Å². The molecule has 13 heavy (non-hydrogen) atoms. The van der Waals surface area contributed by atoms with E-state index in [0.717, 1.165) is 13.0 Å². The van der Waals surface area contributed by atoms with E-state index in [2.05, 4.69) is 24.5 Å². The van der Waals surface area contributed by atoms with Crippen LogP contribution in [0.3, 0.4) is 0 Å². The SMILES string of the molecule is CC1COC(C)(CC2CCCN2)N1. The van der Waals surface area contributed by atoms with E-state index in [1.54, 1.807) is 0 Å². The van der Waals surface area contributed by atoms with Gasteiger partial charge in [0.15, 0.2) is 0 Å². The fourth-order valence-corrected chi connectivity index (χ4v) is 2.43. The molecule has 0 aromatic carbocycles. The maximum atomic E-state index is 5.76. The van der Waals surface area contributed by atoms with Gasteiger partial charge in [0.05, 0.1) is 6.61 Å². The molecular formula is C10H20N2O. The van der Waals surface area contributed by atoms with E-state index in [1.807, 2.05) is 0 Å². The first kappa shape index (κ1) is 9.44. The summed E-state index contributed by atoms with van der Waals surface area (Å²) in [6.07, 6.45) is 3.71. The van der Waals surface area contributed by atoms with E-state index >= 15 is 0 Å². The predicted octanol–water partition coefficient (Wildman–Crippen LogP) is 0.853. The summed E-state index contributed by atoms with van der Waals surface area (Å²) in [5.41, 5.74) is -0.0819. The van der Waals surface area contributed by atoms with Gasteiger partial charge in [0, 0.05) is 18.5 Å². The lowest BCUT2D eigenvalue weighted by molar-refractivity contribution is -0.00709. The highest BCUT2D eigenvalue weighted by Crippen LogP contribution is 2.24. The van der Waals surface area contributed by atoms with E-state index in [1.165, 1.54) is 19.4 Å². The summed E-state index contributed by atoms with van der Waals surface area (Å²) in [6.45, 7) is 6.36. The monoisotopic (exact) mass is 184 g/mol. The molecule has 0 aromatic heterocycles. The van der Waals surface area contributed by atoms with Crippen molar-refractivity contribution < 1.29 is 4.74 Å². The minimum absolute atomic E-state index is 0.0819. The van der Waals surface area contributed by atoms with E-state index in [4.69, 9.17) is 4.74 Å². The van der Waals surface area contributed by atoms with Crippen LogP contribution in [0.25, 0.3) is 0 Å². The Bertz CT molecular complexity index is 180. The van der Waals surface area contributed by atoms with Crippen LogP contribution in [0.4, 0.5) is 0 Å². The van der Waals surface area contributed by atoms with Crippen LogP contribution in [0, 0.1) is 0 Å². The molecule has 0 aromatic rings. The Morgan fingerprint density at radius 2 is 2.38 bits per heavy atom. The fourth-order valence-electron chi connectivity index (χ4n) is 2.43. The van der Waals surface area contributed by atoms with Gasteiger partial charge >= 0.3 is 0 Å². The Kier molecular flexibility index (Phi) is 2.58. The highest BCUT2D eigenvalue weighted by atomic mass is 16.5. The van der Waals surface area contributed by atoms with Gasteiger partial charge in [-0.25, -0.2) is 0 Å². The van der Waals surface area contributed by atoms with Crippen LogP contribution in [0.5, 0.6) is 0 Å². The van der Waals surface area contributed by atoms with E-state index in [0.29, 0.717) is 12.1 Å². The Labute approximate surface area is 80.2 Å². The number of hydrogen-bond donors (Lipinski definition) is 2. The molecule has 2 saturated heterocycles. The number of rotatable bonds is 2. The normalized spacial score (nSPS) is 45.7. The van der Waals surface area contributed by atoms with E-state index in [9.17, 15) is 0 Å². The average molecular weight is 184 g/mol. The minimum atomic E-state index is -0.0819. The van der Waals surface area contributed by atoms with Crippen LogP contribution >= 0.6 is 0 Å². The summed E-state index contributed by atoms with van der Waals surface area (Å²) in [5, 5.41) is 7.00. The van der Waals surface area contributed by atoms with Crippen molar-refractivity contribution in [2.24, 2.45) is 0 Å². The first-order valence-electron chi connectivity index (χ1n) is 5.33. The van der Waals surface area contributed by atoms with Gasteiger partial charge in [-0.2, -0.15) is 0 Å². The molecule has 2 aliphatic heterocycles. The van der Waals surface area contributed by atoms with E-state index < -0.39 is 0 Å². The van der Waals surface area contributed by atoms with Crippen LogP contribution < -0.4 is 10.6 Å². The Morgan fingerprint density at radius 1 is 1.54 bits per heavy atom. The zero-order chi connectivity index (χ0) is 9.31. The summed E-state index contributed by atoms with van der Waals surface area (Å²) >= 11 is 0. The highest BCUT2D eigenvalue weighted by Gasteiger charge is 2.35. The van der Waals surface area contributed by atoms with Crippen molar-refractivity contribution in [3.63, 3.8) is 0 Å². The quantitative estimate of drug-likeness (QED) is 0.667. The van der Waals surface area contributed by atoms with Crippen molar-refractivity contribution in [1.29, 1.82) is 0 Å². The molecule has 0 amide bonds. The van der Waals surface area contributed by atoms with Gasteiger partial charge in [-0.05, 0) is 33.2 Å². The molecule has 0 spiro atoms. The Balaban J connectivity index is 1.85. The summed E-state index contributed by atoms with van der Waals surface area (Å²) in [7, 11) is 0. The Morgan fingerprint density at radius 3 is 2.92 bits per heavy atom. The fraction of sp³-hybridized carbons (Fsp3) is 1.00. The summed E-state index contributed by atoms with van der Waals surface area (Å²) in [6, 6.07) is 1.16. The molecule has 0 saturated carbocycles. The molecular weight excluding hydrogens is 164 g/mol. The van der Waals surface area contributed by atoms with Crippen LogP contribution in [-0.2, 0) is 4.74 Å². The first-order valence-corrected chi connectivity index (χ1v) is 5.33. The molecule has 2 N–H and O–H groups in total. The lowest BCUT2D eigenvalue weighted by atomic mass is 10.0. The van der Waals surface area contributed by atoms with Crippen molar-refractivity contribution in [3.8, 4) is 0 Å². The second-order valence-electron chi connectivity index (χ2n) is 4.58. The zero-order valence-electron chi connectivity index (χ0n) is 8.60. The van der Waals surface area contributed by atoms with Gasteiger partial charge in [-0.1, -0.05) is 0 Å². The second kappa shape index (κ2) is 3.56. The molecule has 3 unspecified atom stereocenters. The third-order valence-corrected chi connectivity index (χ3v) is 3.00. The van der Waals surface area contributed by atoms with Crippen molar-refractivity contribution in [2.45, 2.75) is 50.9 Å². The summed E-state index contributed by atoms with van der Waals surface area (Å²) in [4.78, 5) is 0. The third-order valence-electron chi connectivity index (χ3n) is 3.00.